The number of amidine groups is 1. The lowest BCUT2D eigenvalue weighted by molar-refractivity contribution is 0.810. The molecule has 0 aliphatic heterocycles. The maximum atomic E-state index is 7.77. The first kappa shape index (κ1) is 13.6. The summed E-state index contributed by atoms with van der Waals surface area (Å²) in [7, 11) is 0. The van der Waals surface area contributed by atoms with Gasteiger partial charge in [-0.2, -0.15) is 5.10 Å². The van der Waals surface area contributed by atoms with E-state index in [0.29, 0.717) is 16.4 Å². The van der Waals surface area contributed by atoms with E-state index in [1.165, 1.54) is 0 Å². The Morgan fingerprint density at radius 1 is 1.29 bits per heavy atom. The van der Waals surface area contributed by atoms with Crippen molar-refractivity contribution in [3.63, 3.8) is 0 Å². The van der Waals surface area contributed by atoms with Crippen molar-refractivity contribution < 1.29 is 0 Å². The van der Waals surface area contributed by atoms with Crippen LogP contribution < -0.4 is 5.73 Å². The zero-order valence-corrected chi connectivity index (χ0v) is 12.4. The number of aryl methyl sites for hydroxylation is 1. The van der Waals surface area contributed by atoms with Gasteiger partial charge in [0.2, 0.25) is 0 Å². The number of nitrogens with zero attached hydrogens (tertiary/aromatic N) is 3. The number of nitrogens with two attached hydrogens (primary N) is 1. The number of para-hydroxylation sites is 1. The van der Waals surface area contributed by atoms with Crippen LogP contribution in [0.4, 0.5) is 0 Å². The molecule has 0 fully saturated rings. The van der Waals surface area contributed by atoms with Gasteiger partial charge in [-0.3, -0.25) is 5.41 Å². The average molecular weight is 300 g/mol. The Morgan fingerprint density at radius 3 is 2.62 bits per heavy atom. The molecule has 0 spiro atoms. The first-order chi connectivity index (χ1) is 9.99. The molecule has 0 radical (unpaired) electrons. The second-order valence-electron chi connectivity index (χ2n) is 4.86. The Kier molecular flexibility index (Phi) is 3.14. The van der Waals surface area contributed by atoms with E-state index in [-0.39, 0.29) is 5.84 Å². The van der Waals surface area contributed by atoms with Crippen molar-refractivity contribution in [3.05, 3.63) is 52.3 Å². The van der Waals surface area contributed by atoms with E-state index in [9.17, 15) is 0 Å². The summed E-state index contributed by atoms with van der Waals surface area (Å²) in [6.07, 6.45) is 0. The van der Waals surface area contributed by atoms with E-state index in [1.807, 2.05) is 38.1 Å². The molecule has 0 aliphatic rings. The van der Waals surface area contributed by atoms with Gasteiger partial charge in [0, 0.05) is 10.9 Å². The lowest BCUT2D eigenvalue weighted by Crippen LogP contribution is -2.14. The highest BCUT2D eigenvalue weighted by Crippen LogP contribution is 2.24. The van der Waals surface area contributed by atoms with Crippen molar-refractivity contribution in [2.24, 2.45) is 5.73 Å². The molecule has 6 heteroatoms. The summed E-state index contributed by atoms with van der Waals surface area (Å²) in [5, 5.41) is 13.6. The SMILES string of the molecule is Cc1nn(-c2cc(C(=N)N)c3ccccc3n2)c(C)c1Cl. The molecule has 106 valence electrons. The second-order valence-corrected chi connectivity index (χ2v) is 5.23. The molecule has 0 atom stereocenters. The number of fused-ring (bicyclic) bond motifs is 1. The Balaban J connectivity index is 2.33. The molecule has 5 nitrogen and oxygen atoms in total. The molecule has 0 amide bonds. The molecule has 0 saturated heterocycles. The number of benzene rings is 1. The van der Waals surface area contributed by atoms with Crippen molar-refractivity contribution in [1.29, 1.82) is 5.41 Å². The zero-order valence-electron chi connectivity index (χ0n) is 11.7. The topological polar surface area (TPSA) is 80.6 Å². The fourth-order valence-electron chi connectivity index (χ4n) is 2.34. The number of hydrogen-bond acceptors (Lipinski definition) is 3. The van der Waals surface area contributed by atoms with Crippen molar-refractivity contribution in [2.75, 3.05) is 0 Å². The van der Waals surface area contributed by atoms with Crippen molar-refractivity contribution >= 4 is 28.3 Å². The quantitative estimate of drug-likeness (QED) is 0.564. The van der Waals surface area contributed by atoms with Crippen LogP contribution >= 0.6 is 11.6 Å². The number of pyridine rings is 1. The van der Waals surface area contributed by atoms with Crippen molar-refractivity contribution in [3.8, 4) is 5.82 Å². The smallest absolute Gasteiger partial charge is 0.155 e. The third kappa shape index (κ3) is 2.15. The molecule has 3 rings (SSSR count). The number of nitrogen functional groups attached to an aromatic ring is 1. The summed E-state index contributed by atoms with van der Waals surface area (Å²) in [6.45, 7) is 3.73. The lowest BCUT2D eigenvalue weighted by Gasteiger charge is -2.09. The van der Waals surface area contributed by atoms with E-state index in [1.54, 1.807) is 10.7 Å². The van der Waals surface area contributed by atoms with Gasteiger partial charge in [0.15, 0.2) is 5.82 Å². The van der Waals surface area contributed by atoms with Crippen LogP contribution in [0.5, 0.6) is 0 Å². The number of hydrogen-bond donors (Lipinski definition) is 2. The minimum Gasteiger partial charge on any atom is -0.384 e. The fraction of sp³-hybridized carbons (Fsp3) is 0.133. The molecular formula is C15H14ClN5. The molecule has 2 aromatic heterocycles. The van der Waals surface area contributed by atoms with E-state index < -0.39 is 0 Å². The number of halogens is 1. The summed E-state index contributed by atoms with van der Waals surface area (Å²) in [6, 6.07) is 9.35. The maximum absolute atomic E-state index is 7.77. The van der Waals surface area contributed by atoms with Crippen LogP contribution in [0.2, 0.25) is 5.02 Å². The van der Waals surface area contributed by atoms with E-state index in [2.05, 4.69) is 10.1 Å². The van der Waals surface area contributed by atoms with E-state index in [4.69, 9.17) is 22.7 Å². The predicted molar refractivity (Wildman–Crippen MR) is 84.4 cm³/mol. The van der Waals surface area contributed by atoms with Crippen LogP contribution in [-0.2, 0) is 0 Å². The Bertz CT molecular complexity index is 866. The molecule has 3 aromatic rings. The summed E-state index contributed by atoms with van der Waals surface area (Å²) in [4.78, 5) is 4.59. The van der Waals surface area contributed by atoms with Crippen LogP contribution in [-0.4, -0.2) is 20.6 Å². The Labute approximate surface area is 126 Å². The molecule has 0 aliphatic carbocycles. The lowest BCUT2D eigenvalue weighted by atomic mass is 10.1. The minimum absolute atomic E-state index is 0.00229. The predicted octanol–water partition coefficient (Wildman–Crippen LogP) is 2.97. The third-order valence-electron chi connectivity index (χ3n) is 3.41. The van der Waals surface area contributed by atoms with E-state index in [0.717, 1.165) is 22.3 Å². The number of nitrogens with one attached hydrogen (secondary N) is 1. The van der Waals surface area contributed by atoms with Crippen LogP contribution in [0.25, 0.3) is 16.7 Å². The van der Waals surface area contributed by atoms with Gasteiger partial charge in [-0.1, -0.05) is 29.8 Å². The Hall–Kier alpha value is -2.40. The molecule has 0 unspecified atom stereocenters. The first-order valence-electron chi connectivity index (χ1n) is 6.45. The van der Waals surface area contributed by atoms with Crippen LogP contribution in [0.15, 0.2) is 30.3 Å². The van der Waals surface area contributed by atoms with Crippen molar-refractivity contribution in [2.45, 2.75) is 13.8 Å². The largest absolute Gasteiger partial charge is 0.384 e. The van der Waals surface area contributed by atoms with Crippen LogP contribution in [0.3, 0.4) is 0 Å². The summed E-state index contributed by atoms with van der Waals surface area (Å²) < 4.78 is 1.68. The molecule has 2 heterocycles. The van der Waals surface area contributed by atoms with Crippen LogP contribution in [0.1, 0.15) is 17.0 Å². The highest BCUT2D eigenvalue weighted by molar-refractivity contribution is 6.31. The molecule has 0 bridgehead atoms. The molecular weight excluding hydrogens is 286 g/mol. The summed E-state index contributed by atoms with van der Waals surface area (Å²) >= 11 is 6.19. The highest BCUT2D eigenvalue weighted by atomic mass is 35.5. The molecule has 0 saturated carbocycles. The minimum atomic E-state index is 0.00229. The Morgan fingerprint density at radius 2 is 2.00 bits per heavy atom. The summed E-state index contributed by atoms with van der Waals surface area (Å²) in [5.74, 6) is 0.605. The van der Waals surface area contributed by atoms with Gasteiger partial charge in [0.25, 0.3) is 0 Å². The highest BCUT2D eigenvalue weighted by Gasteiger charge is 2.14. The second kappa shape index (κ2) is 4.86. The van der Waals surface area contributed by atoms with Gasteiger partial charge >= 0.3 is 0 Å². The van der Waals surface area contributed by atoms with E-state index >= 15 is 0 Å². The van der Waals surface area contributed by atoms with Gasteiger partial charge in [0.05, 0.1) is 21.9 Å². The maximum Gasteiger partial charge on any atom is 0.155 e. The van der Waals surface area contributed by atoms with Gasteiger partial charge in [-0.05, 0) is 26.0 Å². The first-order valence-corrected chi connectivity index (χ1v) is 6.83. The molecule has 1 aromatic carbocycles. The van der Waals surface area contributed by atoms with Gasteiger partial charge in [0.1, 0.15) is 5.84 Å². The van der Waals surface area contributed by atoms with Gasteiger partial charge in [-0.25, -0.2) is 9.67 Å². The standard InChI is InChI=1S/C15H14ClN5/c1-8-14(16)9(2)21(20-8)13-7-11(15(17)18)10-5-3-4-6-12(10)19-13/h3-7H,1-2H3,(H3,17,18). The third-order valence-corrected chi connectivity index (χ3v) is 3.96. The monoisotopic (exact) mass is 299 g/mol. The number of rotatable bonds is 2. The average Bonchev–Trinajstić information content (AvgIpc) is 2.73. The zero-order chi connectivity index (χ0) is 15.1. The fourth-order valence-corrected chi connectivity index (χ4v) is 2.46. The normalized spacial score (nSPS) is 11.0. The van der Waals surface area contributed by atoms with Crippen LogP contribution in [0, 0.1) is 19.3 Å². The van der Waals surface area contributed by atoms with Gasteiger partial charge < -0.3 is 5.73 Å². The van der Waals surface area contributed by atoms with Gasteiger partial charge in [-0.15, -0.1) is 0 Å². The van der Waals surface area contributed by atoms with Crippen molar-refractivity contribution in [1.82, 2.24) is 14.8 Å². The summed E-state index contributed by atoms with van der Waals surface area (Å²) in [5.41, 5.74) is 8.66. The molecule has 21 heavy (non-hydrogen) atoms. The number of aromatic nitrogens is 3. The molecule has 3 N–H and O–H groups in total.